The van der Waals surface area contributed by atoms with E-state index in [4.69, 9.17) is 23.2 Å². The molecule has 0 saturated carbocycles. The van der Waals surface area contributed by atoms with Crippen molar-refractivity contribution in [1.82, 2.24) is 0 Å². The monoisotopic (exact) mass is 293 g/mol. The second-order valence-electron chi connectivity index (χ2n) is 3.93. The van der Waals surface area contributed by atoms with Gasteiger partial charge in [0, 0.05) is 5.92 Å². The highest BCUT2D eigenvalue weighted by molar-refractivity contribution is 7.91. The van der Waals surface area contributed by atoms with Crippen LogP contribution in [0.15, 0.2) is 17.0 Å². The molecule has 1 aliphatic heterocycles. The van der Waals surface area contributed by atoms with E-state index in [1.54, 1.807) is 6.92 Å². The highest BCUT2D eigenvalue weighted by atomic mass is 35.5. The molecule has 1 aliphatic rings. The van der Waals surface area contributed by atoms with Crippen LogP contribution in [0.2, 0.25) is 10.0 Å². The van der Waals surface area contributed by atoms with Crippen LogP contribution >= 0.6 is 23.2 Å². The first-order valence-electron chi connectivity index (χ1n) is 4.84. The van der Waals surface area contributed by atoms with Crippen molar-refractivity contribution in [2.24, 2.45) is 5.92 Å². The Morgan fingerprint density at radius 3 is 2.53 bits per heavy atom. The molecule has 4 nitrogen and oxygen atoms in total. The van der Waals surface area contributed by atoms with Gasteiger partial charge in [0.05, 0.1) is 26.4 Å². The molecule has 0 bridgehead atoms. The summed E-state index contributed by atoms with van der Waals surface area (Å²) in [5.74, 6) is -1.18. The summed E-state index contributed by atoms with van der Waals surface area (Å²) in [5.41, 5.74) is 0.189. The van der Waals surface area contributed by atoms with Gasteiger partial charge in [0.1, 0.15) is 0 Å². The number of amides is 1. The Balaban J connectivity index is 2.70. The van der Waals surface area contributed by atoms with Gasteiger partial charge in [-0.15, -0.1) is 0 Å². The van der Waals surface area contributed by atoms with Gasteiger partial charge in [-0.1, -0.05) is 30.1 Å². The third-order valence-corrected chi connectivity index (χ3v) is 5.20. The summed E-state index contributed by atoms with van der Waals surface area (Å²) in [6.45, 7) is 1.56. The molecular formula is C10H9Cl2NO3S. The zero-order chi connectivity index (χ0) is 12.8. The first-order valence-corrected chi connectivity index (χ1v) is 7.25. The Kier molecular flexibility index (Phi) is 3.10. The van der Waals surface area contributed by atoms with Gasteiger partial charge < -0.3 is 5.32 Å². The number of nitrogens with one attached hydrogen (secondary N) is 1. The molecule has 1 amide bonds. The quantitative estimate of drug-likeness (QED) is 0.799. The zero-order valence-electron chi connectivity index (χ0n) is 8.83. The van der Waals surface area contributed by atoms with Crippen LogP contribution in [0, 0.1) is 5.92 Å². The Morgan fingerprint density at radius 1 is 1.29 bits per heavy atom. The molecule has 2 rings (SSSR count). The number of carbonyl (C=O) groups is 1. The van der Waals surface area contributed by atoms with Crippen molar-refractivity contribution in [1.29, 1.82) is 0 Å². The summed E-state index contributed by atoms with van der Waals surface area (Å²) in [4.78, 5) is 11.6. The van der Waals surface area contributed by atoms with E-state index in [1.165, 1.54) is 12.1 Å². The van der Waals surface area contributed by atoms with E-state index < -0.39 is 15.8 Å². The number of fused-ring (bicyclic) bond motifs is 1. The Hall–Kier alpha value is -0.780. The van der Waals surface area contributed by atoms with Crippen LogP contribution in [0.5, 0.6) is 0 Å². The number of hydrogen-bond donors (Lipinski definition) is 1. The van der Waals surface area contributed by atoms with Crippen LogP contribution in [0.4, 0.5) is 5.69 Å². The SMILES string of the molecule is CC1CS(=O)(=O)c2cc(Cl)c(Cl)cc2NC1=O. The van der Waals surface area contributed by atoms with Gasteiger partial charge in [-0.25, -0.2) is 8.42 Å². The molecule has 0 fully saturated rings. The van der Waals surface area contributed by atoms with Gasteiger partial charge >= 0.3 is 0 Å². The number of hydrogen-bond acceptors (Lipinski definition) is 3. The maximum Gasteiger partial charge on any atom is 0.228 e. The molecule has 0 spiro atoms. The summed E-state index contributed by atoms with van der Waals surface area (Å²) in [6, 6.07) is 2.62. The minimum absolute atomic E-state index is 0.0181. The zero-order valence-corrected chi connectivity index (χ0v) is 11.2. The molecule has 1 aromatic carbocycles. The third-order valence-electron chi connectivity index (χ3n) is 2.53. The van der Waals surface area contributed by atoms with Crippen LogP contribution in [0.1, 0.15) is 6.92 Å². The van der Waals surface area contributed by atoms with Crippen LogP contribution in [0.3, 0.4) is 0 Å². The van der Waals surface area contributed by atoms with Crippen molar-refractivity contribution in [3.8, 4) is 0 Å². The third kappa shape index (κ3) is 2.27. The van der Waals surface area contributed by atoms with Gasteiger partial charge in [-0.3, -0.25) is 4.79 Å². The Morgan fingerprint density at radius 2 is 1.88 bits per heavy atom. The molecule has 0 saturated heterocycles. The fourth-order valence-electron chi connectivity index (χ4n) is 1.63. The van der Waals surface area contributed by atoms with Crippen molar-refractivity contribution in [2.45, 2.75) is 11.8 Å². The van der Waals surface area contributed by atoms with Gasteiger partial charge in [-0.2, -0.15) is 0 Å². The predicted molar refractivity (Wildman–Crippen MR) is 66.3 cm³/mol. The van der Waals surface area contributed by atoms with E-state index in [1.807, 2.05) is 0 Å². The standard InChI is InChI=1S/C10H9Cl2NO3S/c1-5-4-17(15,16)9-3-7(12)6(11)2-8(9)13-10(5)14/h2-3,5H,4H2,1H3,(H,13,14). The van der Waals surface area contributed by atoms with Crippen molar-refractivity contribution in [3.63, 3.8) is 0 Å². The second kappa shape index (κ2) is 4.15. The lowest BCUT2D eigenvalue weighted by Gasteiger charge is -2.07. The van der Waals surface area contributed by atoms with Crippen molar-refractivity contribution < 1.29 is 13.2 Å². The lowest BCUT2D eigenvalue weighted by atomic mass is 10.2. The predicted octanol–water partition coefficient (Wildman–Crippen LogP) is 2.36. The number of anilines is 1. The fraction of sp³-hybridized carbons (Fsp3) is 0.300. The molecule has 7 heteroatoms. The number of halogens is 2. The van der Waals surface area contributed by atoms with Gasteiger partial charge in [0.25, 0.3) is 0 Å². The highest BCUT2D eigenvalue weighted by Gasteiger charge is 2.31. The van der Waals surface area contributed by atoms with Crippen LogP contribution in [0.25, 0.3) is 0 Å². The summed E-state index contributed by atoms with van der Waals surface area (Å²) in [5, 5.41) is 2.89. The lowest BCUT2D eigenvalue weighted by molar-refractivity contribution is -0.118. The Labute approximate surface area is 109 Å². The Bertz CT molecular complexity index is 598. The molecule has 0 radical (unpaired) electrons. The maximum atomic E-state index is 12.0. The van der Waals surface area contributed by atoms with Gasteiger partial charge in [0.2, 0.25) is 5.91 Å². The summed E-state index contributed by atoms with van der Waals surface area (Å²) in [7, 11) is -3.53. The molecule has 1 aromatic rings. The summed E-state index contributed by atoms with van der Waals surface area (Å²) in [6.07, 6.45) is 0. The van der Waals surface area contributed by atoms with Crippen LogP contribution < -0.4 is 5.32 Å². The highest BCUT2D eigenvalue weighted by Crippen LogP contribution is 2.34. The molecular weight excluding hydrogens is 285 g/mol. The van der Waals surface area contributed by atoms with Crippen LogP contribution in [-0.4, -0.2) is 20.1 Å². The smallest absolute Gasteiger partial charge is 0.228 e. The molecule has 0 aliphatic carbocycles. The molecule has 1 atom stereocenters. The normalized spacial score (nSPS) is 22.5. The fourth-order valence-corrected chi connectivity index (χ4v) is 3.76. The van der Waals surface area contributed by atoms with Crippen molar-refractivity contribution in [2.75, 3.05) is 11.1 Å². The van der Waals surface area contributed by atoms with E-state index in [-0.39, 0.29) is 32.3 Å². The summed E-state index contributed by atoms with van der Waals surface area (Å²) < 4.78 is 24.0. The lowest BCUT2D eigenvalue weighted by Crippen LogP contribution is -2.22. The minimum Gasteiger partial charge on any atom is -0.325 e. The molecule has 17 heavy (non-hydrogen) atoms. The average molecular weight is 294 g/mol. The molecule has 0 aromatic heterocycles. The minimum atomic E-state index is -3.53. The number of benzene rings is 1. The van der Waals surface area contributed by atoms with Gasteiger partial charge in [0.15, 0.2) is 9.84 Å². The number of rotatable bonds is 0. The van der Waals surface area contributed by atoms with E-state index in [0.717, 1.165) is 0 Å². The molecule has 1 unspecified atom stereocenters. The average Bonchev–Trinajstić information content (AvgIpc) is 2.28. The van der Waals surface area contributed by atoms with Crippen LogP contribution in [-0.2, 0) is 14.6 Å². The molecule has 92 valence electrons. The van der Waals surface area contributed by atoms with E-state index in [0.29, 0.717) is 0 Å². The van der Waals surface area contributed by atoms with Gasteiger partial charge in [-0.05, 0) is 12.1 Å². The topological polar surface area (TPSA) is 63.2 Å². The first-order chi connectivity index (χ1) is 7.81. The first kappa shape index (κ1) is 12.7. The van der Waals surface area contributed by atoms with Crippen molar-refractivity contribution >= 4 is 44.6 Å². The molecule has 1 heterocycles. The van der Waals surface area contributed by atoms with E-state index >= 15 is 0 Å². The second-order valence-corrected chi connectivity index (χ2v) is 6.75. The largest absolute Gasteiger partial charge is 0.325 e. The van der Waals surface area contributed by atoms with E-state index in [2.05, 4.69) is 5.32 Å². The van der Waals surface area contributed by atoms with Crippen molar-refractivity contribution in [3.05, 3.63) is 22.2 Å². The summed E-state index contributed by atoms with van der Waals surface area (Å²) >= 11 is 11.6. The maximum absolute atomic E-state index is 12.0. The number of carbonyl (C=O) groups excluding carboxylic acids is 1. The number of sulfone groups is 1. The molecule has 1 N–H and O–H groups in total. The van der Waals surface area contributed by atoms with E-state index in [9.17, 15) is 13.2 Å².